The number of hydrogen-bond donors (Lipinski definition) is 0. The predicted octanol–water partition coefficient (Wildman–Crippen LogP) is 4.57. The van der Waals surface area contributed by atoms with Crippen molar-refractivity contribution in [1.29, 1.82) is 0 Å². The molecule has 4 aromatic rings. The van der Waals surface area contributed by atoms with Crippen LogP contribution in [0.15, 0.2) is 65.7 Å². The Balaban J connectivity index is 1.59. The second kappa shape index (κ2) is 10.1. The highest BCUT2D eigenvalue weighted by Gasteiger charge is 2.36. The van der Waals surface area contributed by atoms with Gasteiger partial charge in [0.2, 0.25) is 5.88 Å². The first-order valence-corrected chi connectivity index (χ1v) is 10.6. The van der Waals surface area contributed by atoms with Crippen LogP contribution >= 0.6 is 0 Å². The maximum absolute atomic E-state index is 13.3. The molecule has 8 nitrogen and oxygen atoms in total. The van der Waals surface area contributed by atoms with Gasteiger partial charge in [0.05, 0.1) is 13.2 Å². The van der Waals surface area contributed by atoms with Gasteiger partial charge < -0.3 is 14.2 Å². The van der Waals surface area contributed by atoms with Gasteiger partial charge in [-0.2, -0.15) is 13.2 Å². The number of ether oxygens (including phenoxy) is 3. The number of nitrogens with zero attached hydrogens (tertiary/aromatic N) is 4. The van der Waals surface area contributed by atoms with Crippen LogP contribution in [0.5, 0.6) is 11.6 Å². The third-order valence-electron chi connectivity index (χ3n) is 5.08. The van der Waals surface area contributed by atoms with Gasteiger partial charge >= 0.3 is 18.2 Å². The molecule has 0 amide bonds. The first-order chi connectivity index (χ1) is 17.4. The SMILES string of the molecule is COCC(Cn1nc2ccc(-c3ccc(OC(F)(F)F)cc3)cn2c1=O)Oc1ncccc1C(F)(F)F. The van der Waals surface area contributed by atoms with Crippen LogP contribution < -0.4 is 15.2 Å². The van der Waals surface area contributed by atoms with E-state index in [9.17, 15) is 31.1 Å². The largest absolute Gasteiger partial charge is 0.573 e. The fourth-order valence-electron chi connectivity index (χ4n) is 3.52. The maximum atomic E-state index is 13.3. The molecule has 0 saturated heterocycles. The Kier molecular flexibility index (Phi) is 7.12. The number of alkyl halides is 6. The summed E-state index contributed by atoms with van der Waals surface area (Å²) in [6, 6.07) is 10.1. The van der Waals surface area contributed by atoms with Crippen molar-refractivity contribution >= 4 is 5.65 Å². The number of fused-ring (bicyclic) bond motifs is 1. The third kappa shape index (κ3) is 6.20. The summed E-state index contributed by atoms with van der Waals surface area (Å²) in [6.45, 7) is -0.410. The van der Waals surface area contributed by atoms with Crippen molar-refractivity contribution in [2.24, 2.45) is 0 Å². The van der Waals surface area contributed by atoms with Crippen molar-refractivity contribution in [2.45, 2.75) is 25.2 Å². The van der Waals surface area contributed by atoms with E-state index in [0.717, 1.165) is 35.1 Å². The summed E-state index contributed by atoms with van der Waals surface area (Å²) < 4.78 is 93.6. The fraction of sp³-hybridized carbons (Fsp3) is 0.261. The summed E-state index contributed by atoms with van der Waals surface area (Å²) >= 11 is 0. The molecule has 1 atom stereocenters. The Labute approximate surface area is 204 Å². The van der Waals surface area contributed by atoms with Crippen molar-refractivity contribution in [3.05, 3.63) is 77.0 Å². The Morgan fingerprint density at radius 1 is 0.973 bits per heavy atom. The van der Waals surface area contributed by atoms with Gasteiger partial charge in [0.15, 0.2) is 5.65 Å². The van der Waals surface area contributed by atoms with E-state index in [0.29, 0.717) is 11.1 Å². The number of aromatic nitrogens is 4. The number of halogens is 6. The Morgan fingerprint density at radius 2 is 1.68 bits per heavy atom. The minimum atomic E-state index is -4.82. The van der Waals surface area contributed by atoms with Crippen molar-refractivity contribution in [2.75, 3.05) is 13.7 Å². The smallest absolute Gasteiger partial charge is 0.469 e. The number of hydrogen-bond acceptors (Lipinski definition) is 6. The van der Waals surface area contributed by atoms with Crippen LogP contribution in [0, 0.1) is 0 Å². The average molecular weight is 528 g/mol. The standard InChI is InChI=1S/C23H18F6N4O4/c1-35-13-17(36-20-18(22(24,25)26)3-2-10-30-20)12-33-21(34)32-11-15(6-9-19(32)31-33)14-4-7-16(8-5-14)37-23(27,28)29/h2-11,17H,12-13H2,1H3. The molecule has 3 heterocycles. The van der Waals surface area contributed by atoms with Crippen LogP contribution in [-0.4, -0.2) is 45.3 Å². The lowest BCUT2D eigenvalue weighted by Gasteiger charge is -2.19. The molecule has 196 valence electrons. The van der Waals surface area contributed by atoms with E-state index in [1.54, 1.807) is 6.07 Å². The van der Waals surface area contributed by atoms with E-state index in [4.69, 9.17) is 9.47 Å². The number of benzene rings is 1. The Bertz CT molecular complexity index is 1430. The van der Waals surface area contributed by atoms with Gasteiger partial charge in [-0.1, -0.05) is 12.1 Å². The topological polar surface area (TPSA) is 79.9 Å². The van der Waals surface area contributed by atoms with E-state index < -0.39 is 41.5 Å². The minimum absolute atomic E-state index is 0.161. The van der Waals surface area contributed by atoms with E-state index in [-0.39, 0.29) is 18.8 Å². The molecule has 0 aliphatic heterocycles. The molecule has 0 saturated carbocycles. The predicted molar refractivity (Wildman–Crippen MR) is 117 cm³/mol. The zero-order valence-electron chi connectivity index (χ0n) is 19.0. The van der Waals surface area contributed by atoms with E-state index in [1.165, 1.54) is 35.9 Å². The molecule has 0 fully saturated rings. The third-order valence-corrected chi connectivity index (χ3v) is 5.08. The zero-order chi connectivity index (χ0) is 26.8. The Morgan fingerprint density at radius 3 is 2.32 bits per heavy atom. The van der Waals surface area contributed by atoms with Crippen molar-refractivity contribution in [3.63, 3.8) is 0 Å². The van der Waals surface area contributed by atoms with Gasteiger partial charge in [-0.15, -0.1) is 18.3 Å². The molecule has 0 bridgehead atoms. The molecule has 4 rings (SSSR count). The van der Waals surface area contributed by atoms with Crippen molar-refractivity contribution in [3.8, 4) is 22.8 Å². The summed E-state index contributed by atoms with van der Waals surface area (Å²) in [5.74, 6) is -1.05. The Hall–Kier alpha value is -4.07. The second-order valence-electron chi connectivity index (χ2n) is 7.73. The van der Waals surface area contributed by atoms with Crippen LogP contribution in [-0.2, 0) is 17.5 Å². The molecule has 0 radical (unpaired) electrons. The number of pyridine rings is 2. The van der Waals surface area contributed by atoms with Gasteiger partial charge in [0, 0.05) is 19.5 Å². The van der Waals surface area contributed by atoms with Crippen LogP contribution in [0.2, 0.25) is 0 Å². The monoisotopic (exact) mass is 528 g/mol. The lowest BCUT2D eigenvalue weighted by atomic mass is 10.1. The molecule has 0 N–H and O–H groups in total. The fourth-order valence-corrected chi connectivity index (χ4v) is 3.52. The molecule has 14 heteroatoms. The number of methoxy groups -OCH3 is 1. The summed E-state index contributed by atoms with van der Waals surface area (Å²) in [7, 11) is 1.32. The molecule has 0 aliphatic rings. The highest BCUT2D eigenvalue weighted by atomic mass is 19.4. The summed E-state index contributed by atoms with van der Waals surface area (Å²) in [5.41, 5.74) is -0.451. The van der Waals surface area contributed by atoms with Crippen LogP contribution in [0.3, 0.4) is 0 Å². The normalized spacial score (nSPS) is 13.1. The molecule has 1 aromatic carbocycles. The summed E-state index contributed by atoms with van der Waals surface area (Å²) in [6.07, 6.45) is -7.97. The quantitative estimate of drug-likeness (QED) is 0.312. The molecule has 3 aromatic heterocycles. The van der Waals surface area contributed by atoms with Gasteiger partial charge in [-0.3, -0.25) is 0 Å². The number of rotatable bonds is 8. The van der Waals surface area contributed by atoms with Crippen molar-refractivity contribution in [1.82, 2.24) is 19.2 Å². The highest BCUT2D eigenvalue weighted by Crippen LogP contribution is 2.35. The lowest BCUT2D eigenvalue weighted by molar-refractivity contribution is -0.274. The molecule has 37 heavy (non-hydrogen) atoms. The highest BCUT2D eigenvalue weighted by molar-refractivity contribution is 5.65. The molecule has 0 aliphatic carbocycles. The van der Waals surface area contributed by atoms with Crippen LogP contribution in [0.1, 0.15) is 5.56 Å². The van der Waals surface area contributed by atoms with E-state index >= 15 is 0 Å². The van der Waals surface area contributed by atoms with Crippen molar-refractivity contribution < 1.29 is 40.6 Å². The maximum Gasteiger partial charge on any atom is 0.573 e. The second-order valence-corrected chi connectivity index (χ2v) is 7.73. The van der Waals surface area contributed by atoms with Gasteiger partial charge in [0.1, 0.15) is 17.4 Å². The lowest BCUT2D eigenvalue weighted by Crippen LogP contribution is -2.34. The van der Waals surface area contributed by atoms with Gasteiger partial charge in [-0.25, -0.2) is 18.9 Å². The van der Waals surface area contributed by atoms with Gasteiger partial charge in [-0.05, 0) is 47.5 Å². The van der Waals surface area contributed by atoms with E-state index in [1.807, 2.05) is 0 Å². The van der Waals surface area contributed by atoms with Gasteiger partial charge in [0.25, 0.3) is 0 Å². The first kappa shape index (κ1) is 26.0. The van der Waals surface area contributed by atoms with E-state index in [2.05, 4.69) is 14.8 Å². The average Bonchev–Trinajstić information content (AvgIpc) is 3.13. The molecular weight excluding hydrogens is 510 g/mol. The van der Waals surface area contributed by atoms with Crippen LogP contribution in [0.25, 0.3) is 16.8 Å². The molecule has 1 unspecified atom stereocenters. The first-order valence-electron chi connectivity index (χ1n) is 10.6. The summed E-state index contributed by atoms with van der Waals surface area (Å²) in [4.78, 5) is 16.6. The zero-order valence-corrected chi connectivity index (χ0v) is 19.0. The minimum Gasteiger partial charge on any atom is -0.469 e. The molecular formula is C23H18F6N4O4. The van der Waals surface area contributed by atoms with Crippen LogP contribution in [0.4, 0.5) is 26.3 Å². The summed E-state index contributed by atoms with van der Waals surface area (Å²) in [5, 5.41) is 4.18. The molecule has 0 spiro atoms.